The summed E-state index contributed by atoms with van der Waals surface area (Å²) in [5.41, 5.74) is 7.60. The first-order chi connectivity index (χ1) is 19.4. The summed E-state index contributed by atoms with van der Waals surface area (Å²) in [6.07, 6.45) is 1.51. The zero-order chi connectivity index (χ0) is 28.5. The van der Waals surface area contributed by atoms with E-state index in [4.69, 9.17) is 9.47 Å². The van der Waals surface area contributed by atoms with Gasteiger partial charge in [-0.2, -0.15) is 5.10 Å². The summed E-state index contributed by atoms with van der Waals surface area (Å²) in [6, 6.07) is 18.8. The minimum absolute atomic E-state index is 0.233. The van der Waals surface area contributed by atoms with Crippen LogP contribution in [0.5, 0.6) is 11.5 Å². The third kappa shape index (κ3) is 7.79. The maximum atomic E-state index is 12.6. The number of nitrogens with zero attached hydrogens (tertiary/aromatic N) is 2. The number of benzene rings is 3. The van der Waals surface area contributed by atoms with Crippen LogP contribution in [0.3, 0.4) is 0 Å². The highest BCUT2D eigenvalue weighted by molar-refractivity contribution is 14.1. The third-order valence-electron chi connectivity index (χ3n) is 5.52. The lowest BCUT2D eigenvalue weighted by atomic mass is 10.1. The van der Waals surface area contributed by atoms with Gasteiger partial charge in [-0.05, 0) is 78.4 Å². The Morgan fingerprint density at radius 1 is 1.07 bits per heavy atom. The molecule has 0 unspecified atom stereocenters. The van der Waals surface area contributed by atoms with Crippen molar-refractivity contribution in [1.29, 1.82) is 0 Å². The zero-order valence-electron chi connectivity index (χ0n) is 22.1. The SMILES string of the molecule is CCOc1cc(/C=N\NC(=O)c2ccc(-c3csc(Nc4ccc(C)cc4)n3)cc2)cc(I)c1OCC(=O)OC. The van der Waals surface area contributed by atoms with E-state index in [9.17, 15) is 9.59 Å². The standard InChI is InChI=1S/C29H27IN4O5S/c1-4-38-25-14-19(13-23(30)27(25)39-16-26(35)37-3)15-31-34-28(36)21-9-7-20(8-10-21)24-17-40-29(33-24)32-22-11-5-18(2)6-12-22/h5-15,17H,4,16H2,1-3H3,(H,32,33)(H,34,36)/b31-15-. The summed E-state index contributed by atoms with van der Waals surface area (Å²) in [6.45, 7) is 4.07. The van der Waals surface area contributed by atoms with Gasteiger partial charge in [0.15, 0.2) is 23.2 Å². The first kappa shape index (κ1) is 29.0. The van der Waals surface area contributed by atoms with E-state index in [0.717, 1.165) is 25.6 Å². The van der Waals surface area contributed by atoms with Gasteiger partial charge in [-0.3, -0.25) is 4.79 Å². The number of halogens is 1. The number of anilines is 2. The van der Waals surface area contributed by atoms with Crippen molar-refractivity contribution < 1.29 is 23.8 Å². The quantitative estimate of drug-likeness (QED) is 0.0849. The van der Waals surface area contributed by atoms with Crippen molar-refractivity contribution in [2.75, 3.05) is 25.6 Å². The molecule has 1 amide bonds. The van der Waals surface area contributed by atoms with Crippen molar-refractivity contribution in [2.24, 2.45) is 5.10 Å². The predicted molar refractivity (Wildman–Crippen MR) is 165 cm³/mol. The van der Waals surface area contributed by atoms with Crippen LogP contribution in [-0.2, 0) is 9.53 Å². The van der Waals surface area contributed by atoms with Crippen LogP contribution in [-0.4, -0.2) is 43.4 Å². The van der Waals surface area contributed by atoms with E-state index >= 15 is 0 Å². The molecular weight excluding hydrogens is 643 g/mol. The van der Waals surface area contributed by atoms with Gasteiger partial charge in [0.25, 0.3) is 5.91 Å². The van der Waals surface area contributed by atoms with Gasteiger partial charge >= 0.3 is 5.97 Å². The smallest absolute Gasteiger partial charge is 0.343 e. The van der Waals surface area contributed by atoms with Crippen LogP contribution in [0, 0.1) is 10.5 Å². The molecule has 0 saturated carbocycles. The van der Waals surface area contributed by atoms with E-state index in [1.165, 1.54) is 30.2 Å². The molecule has 1 aromatic heterocycles. The molecule has 206 valence electrons. The maximum absolute atomic E-state index is 12.6. The van der Waals surface area contributed by atoms with Gasteiger partial charge in [0.2, 0.25) is 0 Å². The van der Waals surface area contributed by atoms with Crippen LogP contribution in [0.25, 0.3) is 11.3 Å². The van der Waals surface area contributed by atoms with Crippen molar-refractivity contribution in [3.63, 3.8) is 0 Å². The predicted octanol–water partition coefficient (Wildman–Crippen LogP) is 6.18. The molecule has 2 N–H and O–H groups in total. The molecule has 40 heavy (non-hydrogen) atoms. The average Bonchev–Trinajstić information content (AvgIpc) is 3.42. The molecule has 4 rings (SSSR count). The lowest BCUT2D eigenvalue weighted by molar-refractivity contribution is -0.142. The number of ether oxygens (including phenoxy) is 3. The lowest BCUT2D eigenvalue weighted by Crippen LogP contribution is -2.17. The summed E-state index contributed by atoms with van der Waals surface area (Å²) < 4.78 is 16.6. The molecular formula is C29H27IN4O5S. The first-order valence-electron chi connectivity index (χ1n) is 12.2. The van der Waals surface area contributed by atoms with E-state index in [1.54, 1.807) is 24.3 Å². The van der Waals surface area contributed by atoms with Crippen LogP contribution in [0.15, 0.2) is 71.1 Å². The minimum atomic E-state index is -0.494. The van der Waals surface area contributed by atoms with Crippen LogP contribution in [0.2, 0.25) is 0 Å². The van der Waals surface area contributed by atoms with Gasteiger partial charge in [-0.15, -0.1) is 11.3 Å². The van der Waals surface area contributed by atoms with Gasteiger partial charge in [-0.1, -0.05) is 29.8 Å². The molecule has 9 nitrogen and oxygen atoms in total. The largest absolute Gasteiger partial charge is 0.490 e. The van der Waals surface area contributed by atoms with Gasteiger partial charge in [0.05, 0.1) is 29.2 Å². The fourth-order valence-electron chi connectivity index (χ4n) is 3.50. The van der Waals surface area contributed by atoms with Crippen LogP contribution < -0.4 is 20.2 Å². The minimum Gasteiger partial charge on any atom is -0.490 e. The average molecular weight is 671 g/mol. The Hall–Kier alpha value is -3.97. The summed E-state index contributed by atoms with van der Waals surface area (Å²) in [4.78, 5) is 28.8. The van der Waals surface area contributed by atoms with E-state index in [-0.39, 0.29) is 12.5 Å². The van der Waals surface area contributed by atoms with E-state index in [0.29, 0.717) is 29.2 Å². The second-order valence-corrected chi connectivity index (χ2v) is 10.5. The number of carbonyl (C=O) groups excluding carboxylic acids is 2. The highest BCUT2D eigenvalue weighted by atomic mass is 127. The molecule has 0 fully saturated rings. The van der Waals surface area contributed by atoms with Gasteiger partial charge in [-0.25, -0.2) is 15.2 Å². The van der Waals surface area contributed by atoms with E-state index in [2.05, 4.69) is 48.2 Å². The van der Waals surface area contributed by atoms with Crippen molar-refractivity contribution in [3.8, 4) is 22.8 Å². The normalized spacial score (nSPS) is 10.8. The fraction of sp³-hybridized carbons (Fsp3) is 0.172. The molecule has 0 bridgehead atoms. The molecule has 1 heterocycles. The second-order valence-electron chi connectivity index (χ2n) is 8.43. The highest BCUT2D eigenvalue weighted by Gasteiger charge is 2.14. The molecule has 0 spiro atoms. The summed E-state index contributed by atoms with van der Waals surface area (Å²) in [7, 11) is 1.30. The van der Waals surface area contributed by atoms with Crippen LogP contribution >= 0.6 is 33.9 Å². The molecule has 0 aliphatic rings. The number of hydrogen-bond donors (Lipinski definition) is 2. The molecule has 0 atom stereocenters. The van der Waals surface area contributed by atoms with Crippen molar-refractivity contribution in [2.45, 2.75) is 13.8 Å². The van der Waals surface area contributed by atoms with Gasteiger partial charge in [0, 0.05) is 22.2 Å². The van der Waals surface area contributed by atoms with Gasteiger partial charge in [0.1, 0.15) is 0 Å². The van der Waals surface area contributed by atoms with E-state index in [1.807, 2.05) is 55.6 Å². The van der Waals surface area contributed by atoms with Crippen molar-refractivity contribution >= 4 is 62.8 Å². The Labute approximate surface area is 249 Å². The Morgan fingerprint density at radius 3 is 2.52 bits per heavy atom. The number of thiazole rings is 1. The van der Waals surface area contributed by atoms with Gasteiger partial charge < -0.3 is 19.5 Å². The number of esters is 1. The number of methoxy groups -OCH3 is 1. The highest BCUT2D eigenvalue weighted by Crippen LogP contribution is 2.34. The van der Waals surface area contributed by atoms with Crippen LogP contribution in [0.4, 0.5) is 10.8 Å². The third-order valence-corrected chi connectivity index (χ3v) is 7.08. The number of nitrogens with one attached hydrogen (secondary N) is 2. The van der Waals surface area contributed by atoms with E-state index < -0.39 is 5.97 Å². The monoisotopic (exact) mass is 670 g/mol. The molecule has 0 radical (unpaired) electrons. The molecule has 3 aromatic carbocycles. The number of aromatic nitrogens is 1. The Morgan fingerprint density at radius 2 is 1.82 bits per heavy atom. The Bertz CT molecular complexity index is 1500. The second kappa shape index (κ2) is 13.9. The van der Waals surface area contributed by atoms with Crippen molar-refractivity contribution in [3.05, 3.63) is 86.3 Å². The molecule has 11 heteroatoms. The Kier molecular flexibility index (Phi) is 10.1. The number of rotatable bonds is 11. The first-order valence-corrected chi connectivity index (χ1v) is 14.2. The van der Waals surface area contributed by atoms with Crippen LogP contribution in [0.1, 0.15) is 28.4 Å². The lowest BCUT2D eigenvalue weighted by Gasteiger charge is -2.14. The maximum Gasteiger partial charge on any atom is 0.343 e. The molecule has 0 aliphatic heterocycles. The number of carbonyl (C=O) groups is 2. The molecule has 0 aliphatic carbocycles. The zero-order valence-corrected chi connectivity index (χ0v) is 25.0. The number of hydrogen-bond acceptors (Lipinski definition) is 9. The summed E-state index contributed by atoms with van der Waals surface area (Å²) in [5, 5.41) is 10.2. The molecule has 0 saturated heterocycles. The fourth-order valence-corrected chi connectivity index (χ4v) is 5.02. The number of aryl methyl sites for hydroxylation is 1. The number of amides is 1. The number of hydrazone groups is 1. The molecule has 4 aromatic rings. The topological polar surface area (TPSA) is 111 Å². The van der Waals surface area contributed by atoms with Crippen molar-refractivity contribution in [1.82, 2.24) is 10.4 Å². The Balaban J connectivity index is 1.37. The summed E-state index contributed by atoms with van der Waals surface area (Å²) in [5.74, 6) is 0.0554. The summed E-state index contributed by atoms with van der Waals surface area (Å²) >= 11 is 3.60.